The van der Waals surface area contributed by atoms with E-state index in [1.54, 1.807) is 31.2 Å². The molecular formula is C25H20FN3O4. The Morgan fingerprint density at radius 1 is 0.879 bits per heavy atom. The van der Waals surface area contributed by atoms with E-state index in [2.05, 4.69) is 15.8 Å². The van der Waals surface area contributed by atoms with Crippen molar-refractivity contribution >= 4 is 23.4 Å². The lowest BCUT2D eigenvalue weighted by atomic mass is 9.99. The molecule has 0 fully saturated rings. The van der Waals surface area contributed by atoms with Gasteiger partial charge in [-0.25, -0.2) is 14.0 Å². The molecule has 0 unspecified atom stereocenters. The zero-order chi connectivity index (χ0) is 23.2. The number of hydrogen-bond acceptors (Lipinski definition) is 5. The van der Waals surface area contributed by atoms with Crippen molar-refractivity contribution < 1.29 is 23.2 Å². The molecular weight excluding hydrogens is 425 g/mol. The van der Waals surface area contributed by atoms with Crippen molar-refractivity contribution in [2.45, 2.75) is 6.92 Å². The number of urea groups is 1. The number of esters is 1. The molecule has 0 saturated heterocycles. The molecule has 0 radical (unpaired) electrons. The third-order valence-electron chi connectivity index (χ3n) is 4.73. The Hall–Kier alpha value is -4.46. The second kappa shape index (κ2) is 9.78. The van der Waals surface area contributed by atoms with Crippen molar-refractivity contribution in [3.05, 3.63) is 90.4 Å². The summed E-state index contributed by atoms with van der Waals surface area (Å²) in [5.74, 6) is -0.949. The molecule has 1 heterocycles. The first-order chi connectivity index (χ1) is 16.0. The maximum atomic E-state index is 13.0. The average Bonchev–Trinajstić information content (AvgIpc) is 3.27. The van der Waals surface area contributed by atoms with Gasteiger partial charge < -0.3 is 19.9 Å². The van der Waals surface area contributed by atoms with E-state index in [-0.39, 0.29) is 18.2 Å². The fourth-order valence-electron chi connectivity index (χ4n) is 3.23. The first-order valence-electron chi connectivity index (χ1n) is 10.2. The zero-order valence-corrected chi connectivity index (χ0v) is 17.7. The van der Waals surface area contributed by atoms with Crippen molar-refractivity contribution in [2.24, 2.45) is 0 Å². The number of nitrogens with zero attached hydrogens (tertiary/aromatic N) is 1. The number of ether oxygens (including phenoxy) is 1. The van der Waals surface area contributed by atoms with Crippen molar-refractivity contribution in [3.63, 3.8) is 0 Å². The van der Waals surface area contributed by atoms with Crippen LogP contribution in [0, 0.1) is 5.82 Å². The Bertz CT molecular complexity index is 1250. The highest BCUT2D eigenvalue weighted by Gasteiger charge is 2.25. The van der Waals surface area contributed by atoms with Crippen LogP contribution in [0.15, 0.2) is 83.4 Å². The summed E-state index contributed by atoms with van der Waals surface area (Å²) in [7, 11) is 0. The molecule has 0 aliphatic rings. The first-order valence-corrected chi connectivity index (χ1v) is 10.2. The summed E-state index contributed by atoms with van der Waals surface area (Å²) in [4.78, 5) is 24.6. The molecule has 1 aromatic heterocycles. The van der Waals surface area contributed by atoms with Gasteiger partial charge in [-0.15, -0.1) is 0 Å². The molecule has 0 atom stereocenters. The van der Waals surface area contributed by atoms with Crippen molar-refractivity contribution in [2.75, 3.05) is 17.2 Å². The molecule has 4 aromatic rings. The Morgan fingerprint density at radius 3 is 2.09 bits per heavy atom. The van der Waals surface area contributed by atoms with Crippen LogP contribution in [0.4, 0.5) is 20.6 Å². The van der Waals surface area contributed by atoms with E-state index in [9.17, 15) is 14.0 Å². The van der Waals surface area contributed by atoms with Gasteiger partial charge in [0.25, 0.3) is 5.76 Å². The van der Waals surface area contributed by atoms with E-state index in [0.29, 0.717) is 28.2 Å². The van der Waals surface area contributed by atoms with Gasteiger partial charge in [-0.2, -0.15) is 0 Å². The smallest absolute Gasteiger partial charge is 0.377 e. The number of amides is 2. The number of nitrogens with one attached hydrogen (secondary N) is 2. The highest BCUT2D eigenvalue weighted by Crippen LogP contribution is 2.35. The molecule has 0 saturated carbocycles. The third kappa shape index (κ3) is 5.07. The SMILES string of the molecule is CCOC(=O)c1onc(-c2ccc(NC(=O)Nc3ccc(F)cc3)cc2)c1-c1ccccc1. The lowest BCUT2D eigenvalue weighted by Gasteiger charge is -2.09. The maximum absolute atomic E-state index is 13.0. The third-order valence-corrected chi connectivity index (χ3v) is 4.73. The molecule has 0 spiro atoms. The Labute approximate surface area is 189 Å². The van der Waals surface area contributed by atoms with Crippen LogP contribution < -0.4 is 10.6 Å². The van der Waals surface area contributed by atoms with Gasteiger partial charge in [0.05, 0.1) is 12.2 Å². The predicted molar refractivity (Wildman–Crippen MR) is 122 cm³/mol. The first kappa shape index (κ1) is 21.8. The second-order valence-corrected chi connectivity index (χ2v) is 6.99. The molecule has 166 valence electrons. The second-order valence-electron chi connectivity index (χ2n) is 6.99. The van der Waals surface area contributed by atoms with E-state index >= 15 is 0 Å². The van der Waals surface area contributed by atoms with Crippen LogP contribution in [0.5, 0.6) is 0 Å². The molecule has 2 N–H and O–H groups in total. The number of aromatic nitrogens is 1. The van der Waals surface area contributed by atoms with Gasteiger partial charge in [-0.3, -0.25) is 0 Å². The monoisotopic (exact) mass is 445 g/mol. The summed E-state index contributed by atoms with van der Waals surface area (Å²) in [6.45, 7) is 1.93. The minimum atomic E-state index is -0.592. The van der Waals surface area contributed by atoms with E-state index in [0.717, 1.165) is 5.56 Å². The normalized spacial score (nSPS) is 10.5. The standard InChI is InChI=1S/C25H20FN3O4/c1-2-32-24(30)23-21(16-6-4-3-5-7-16)22(29-33-23)17-8-12-19(13-9-17)27-25(31)28-20-14-10-18(26)11-15-20/h3-15H,2H2,1H3,(H2,27,28,31). The zero-order valence-electron chi connectivity index (χ0n) is 17.7. The van der Waals surface area contributed by atoms with Crippen LogP contribution in [-0.4, -0.2) is 23.8 Å². The highest BCUT2D eigenvalue weighted by molar-refractivity contribution is 6.01. The molecule has 4 rings (SSSR count). The molecule has 8 heteroatoms. The number of anilines is 2. The largest absolute Gasteiger partial charge is 0.460 e. The van der Waals surface area contributed by atoms with Gasteiger partial charge in [-0.1, -0.05) is 47.6 Å². The Balaban J connectivity index is 1.56. The van der Waals surface area contributed by atoms with Gasteiger partial charge in [0.1, 0.15) is 11.5 Å². The molecule has 0 aliphatic heterocycles. The van der Waals surface area contributed by atoms with Gasteiger partial charge in [-0.05, 0) is 48.9 Å². The van der Waals surface area contributed by atoms with E-state index < -0.39 is 12.0 Å². The molecule has 0 aliphatic carbocycles. The van der Waals surface area contributed by atoms with Gasteiger partial charge in [0.15, 0.2) is 0 Å². The van der Waals surface area contributed by atoms with Crippen LogP contribution in [0.25, 0.3) is 22.4 Å². The summed E-state index contributed by atoms with van der Waals surface area (Å²) in [5.41, 5.74) is 3.46. The van der Waals surface area contributed by atoms with Crippen molar-refractivity contribution in [3.8, 4) is 22.4 Å². The van der Waals surface area contributed by atoms with Gasteiger partial charge in [0, 0.05) is 16.9 Å². The molecule has 33 heavy (non-hydrogen) atoms. The van der Waals surface area contributed by atoms with Crippen molar-refractivity contribution in [1.82, 2.24) is 5.16 Å². The lowest BCUT2D eigenvalue weighted by Crippen LogP contribution is -2.19. The molecule has 0 bridgehead atoms. The fraction of sp³-hybridized carbons (Fsp3) is 0.0800. The number of rotatable bonds is 6. The van der Waals surface area contributed by atoms with Crippen LogP contribution in [0.3, 0.4) is 0 Å². The number of carbonyl (C=O) groups is 2. The number of benzene rings is 3. The Morgan fingerprint density at radius 2 is 1.48 bits per heavy atom. The van der Waals surface area contributed by atoms with Gasteiger partial charge in [0.2, 0.25) is 0 Å². The maximum Gasteiger partial charge on any atom is 0.377 e. The van der Waals surface area contributed by atoms with Crippen LogP contribution >= 0.6 is 0 Å². The van der Waals surface area contributed by atoms with E-state index in [1.165, 1.54) is 24.3 Å². The summed E-state index contributed by atoms with van der Waals surface area (Å²) in [5, 5.41) is 9.45. The highest BCUT2D eigenvalue weighted by atomic mass is 19.1. The van der Waals surface area contributed by atoms with Crippen LogP contribution in [-0.2, 0) is 4.74 Å². The van der Waals surface area contributed by atoms with E-state index in [4.69, 9.17) is 9.26 Å². The summed E-state index contributed by atoms with van der Waals surface area (Å²) in [6.07, 6.45) is 0. The van der Waals surface area contributed by atoms with Crippen LogP contribution in [0.2, 0.25) is 0 Å². The summed E-state index contributed by atoms with van der Waals surface area (Å²) in [6, 6.07) is 21.2. The topological polar surface area (TPSA) is 93.5 Å². The quantitative estimate of drug-likeness (QED) is 0.357. The lowest BCUT2D eigenvalue weighted by molar-refractivity contribution is 0.0481. The summed E-state index contributed by atoms with van der Waals surface area (Å²) < 4.78 is 23.5. The Kier molecular flexibility index (Phi) is 6.45. The predicted octanol–water partition coefficient (Wildman–Crippen LogP) is 5.97. The molecule has 7 nitrogen and oxygen atoms in total. The van der Waals surface area contributed by atoms with Crippen molar-refractivity contribution in [1.29, 1.82) is 0 Å². The van der Waals surface area contributed by atoms with Crippen LogP contribution in [0.1, 0.15) is 17.5 Å². The number of carbonyl (C=O) groups excluding carboxylic acids is 2. The number of halogens is 1. The average molecular weight is 445 g/mol. The summed E-state index contributed by atoms with van der Waals surface area (Å²) >= 11 is 0. The fourth-order valence-corrected chi connectivity index (χ4v) is 3.23. The van der Waals surface area contributed by atoms with E-state index in [1.807, 2.05) is 30.3 Å². The number of hydrogen-bond donors (Lipinski definition) is 2. The molecule has 3 aromatic carbocycles. The van der Waals surface area contributed by atoms with Gasteiger partial charge >= 0.3 is 12.0 Å². The molecule has 2 amide bonds. The minimum Gasteiger partial charge on any atom is -0.460 e. The minimum absolute atomic E-state index is 0.0268.